The second kappa shape index (κ2) is 7.77. The van der Waals surface area contributed by atoms with Crippen molar-refractivity contribution in [2.75, 3.05) is 11.3 Å². The highest BCUT2D eigenvalue weighted by atomic mass is 32.2. The molecule has 2 aromatic rings. The quantitative estimate of drug-likeness (QED) is 0.716. The third-order valence-corrected chi connectivity index (χ3v) is 5.41. The minimum atomic E-state index is -4.03. The number of aromatic nitrogens is 2. The van der Waals surface area contributed by atoms with Gasteiger partial charge in [-0.1, -0.05) is 6.07 Å². The Labute approximate surface area is 151 Å². The van der Waals surface area contributed by atoms with Gasteiger partial charge in [0.25, 0.3) is 10.0 Å². The molecule has 3 rings (SSSR count). The van der Waals surface area contributed by atoms with Crippen LogP contribution in [0.15, 0.2) is 35.5 Å². The summed E-state index contributed by atoms with van der Waals surface area (Å²) in [5.41, 5.74) is 0.197. The van der Waals surface area contributed by atoms with Crippen LogP contribution in [0.3, 0.4) is 0 Å². The summed E-state index contributed by atoms with van der Waals surface area (Å²) in [5, 5.41) is 5.66. The number of anilines is 1. The fourth-order valence-corrected chi connectivity index (χ4v) is 4.01. The number of rotatable bonds is 7. The van der Waals surface area contributed by atoms with Crippen molar-refractivity contribution in [3.63, 3.8) is 0 Å². The predicted octanol–water partition coefficient (Wildman–Crippen LogP) is 2.71. The molecule has 0 atom stereocenters. The zero-order valence-electron chi connectivity index (χ0n) is 14.4. The molecule has 1 aromatic carbocycles. The molecule has 0 amide bonds. The maximum Gasteiger partial charge on any atom is 0.342 e. The summed E-state index contributed by atoms with van der Waals surface area (Å²) in [6.45, 7) is 1.78. The summed E-state index contributed by atoms with van der Waals surface area (Å²) in [6, 6.07) is 6.73. The molecule has 0 bridgehead atoms. The lowest BCUT2D eigenvalue weighted by atomic mass is 10.3. The molecule has 9 heteroatoms. The smallest absolute Gasteiger partial charge is 0.342 e. The van der Waals surface area contributed by atoms with Crippen LogP contribution in [0.4, 0.5) is 5.69 Å². The summed E-state index contributed by atoms with van der Waals surface area (Å²) in [6.07, 6.45) is 5.61. The minimum Gasteiger partial charge on any atom is -0.490 e. The van der Waals surface area contributed by atoms with E-state index < -0.39 is 16.0 Å². The Morgan fingerprint density at radius 1 is 1.35 bits per heavy atom. The van der Waals surface area contributed by atoms with Crippen LogP contribution in [0.25, 0.3) is 0 Å². The first-order chi connectivity index (χ1) is 12.5. The summed E-state index contributed by atoms with van der Waals surface area (Å²) >= 11 is 0. The maximum atomic E-state index is 12.6. The topological polar surface area (TPSA) is 110 Å². The first kappa shape index (κ1) is 18.2. The Balaban J connectivity index is 1.77. The minimum absolute atomic E-state index is 0.136. The highest BCUT2D eigenvalue weighted by Gasteiger charge is 2.26. The number of H-pyrrole nitrogens is 1. The number of hydrogen-bond donors (Lipinski definition) is 2. The number of nitrogens with one attached hydrogen (secondary N) is 2. The first-order valence-electron chi connectivity index (χ1n) is 8.49. The van der Waals surface area contributed by atoms with Crippen LogP contribution in [0.1, 0.15) is 43.0 Å². The van der Waals surface area contributed by atoms with Gasteiger partial charge in [0.1, 0.15) is 11.3 Å². The van der Waals surface area contributed by atoms with Gasteiger partial charge in [-0.3, -0.25) is 9.82 Å². The molecule has 8 nitrogen and oxygen atoms in total. The van der Waals surface area contributed by atoms with Gasteiger partial charge in [-0.2, -0.15) is 13.5 Å². The molecule has 1 aromatic heterocycles. The molecule has 1 heterocycles. The van der Waals surface area contributed by atoms with Gasteiger partial charge in [0, 0.05) is 6.07 Å². The lowest BCUT2D eigenvalue weighted by Gasteiger charge is -2.14. The van der Waals surface area contributed by atoms with E-state index in [9.17, 15) is 13.2 Å². The second-order valence-electron chi connectivity index (χ2n) is 5.99. The van der Waals surface area contributed by atoms with Gasteiger partial charge >= 0.3 is 5.97 Å². The normalized spacial score (nSPS) is 15.0. The van der Waals surface area contributed by atoms with Crippen molar-refractivity contribution in [1.29, 1.82) is 0 Å². The highest BCUT2D eigenvalue weighted by Crippen LogP contribution is 2.27. The van der Waals surface area contributed by atoms with Crippen molar-refractivity contribution in [2.24, 2.45) is 0 Å². The molecular weight excluding hydrogens is 358 g/mol. The Kier molecular flexibility index (Phi) is 5.46. The van der Waals surface area contributed by atoms with Gasteiger partial charge in [0.2, 0.25) is 0 Å². The monoisotopic (exact) mass is 379 g/mol. The Morgan fingerprint density at radius 2 is 2.12 bits per heavy atom. The van der Waals surface area contributed by atoms with Gasteiger partial charge < -0.3 is 9.47 Å². The van der Waals surface area contributed by atoms with Crippen molar-refractivity contribution in [2.45, 2.75) is 43.7 Å². The van der Waals surface area contributed by atoms with Crippen LogP contribution >= 0.6 is 0 Å². The number of ether oxygens (including phenoxy) is 2. The third kappa shape index (κ3) is 4.16. The fourth-order valence-electron chi connectivity index (χ4n) is 2.87. The molecule has 1 aliphatic carbocycles. The van der Waals surface area contributed by atoms with Gasteiger partial charge in [0.15, 0.2) is 5.03 Å². The number of nitrogens with zero attached hydrogens (tertiary/aromatic N) is 1. The van der Waals surface area contributed by atoms with E-state index in [4.69, 9.17) is 9.47 Å². The van der Waals surface area contributed by atoms with Crippen LogP contribution in [0, 0.1) is 0 Å². The molecule has 26 heavy (non-hydrogen) atoms. The third-order valence-electron chi connectivity index (χ3n) is 4.06. The van der Waals surface area contributed by atoms with Crippen molar-refractivity contribution in [1.82, 2.24) is 10.2 Å². The van der Waals surface area contributed by atoms with Gasteiger partial charge in [-0.25, -0.2) is 4.79 Å². The fraction of sp³-hybridized carbons (Fsp3) is 0.412. The number of sulfonamides is 1. The highest BCUT2D eigenvalue weighted by molar-refractivity contribution is 7.92. The Bertz CT molecular complexity index is 872. The van der Waals surface area contributed by atoms with E-state index in [1.165, 1.54) is 0 Å². The second-order valence-corrected chi connectivity index (χ2v) is 7.61. The number of hydrogen-bond acceptors (Lipinski definition) is 6. The van der Waals surface area contributed by atoms with Crippen LogP contribution < -0.4 is 9.46 Å². The molecule has 0 spiro atoms. The van der Waals surface area contributed by atoms with Gasteiger partial charge in [0.05, 0.1) is 24.6 Å². The Morgan fingerprint density at radius 3 is 2.85 bits per heavy atom. The molecule has 0 aliphatic heterocycles. The summed E-state index contributed by atoms with van der Waals surface area (Å²) in [4.78, 5) is 11.9. The standard InChI is InChI=1S/C17H21N3O5S/c1-2-24-17(21)15-11-18-19-16(15)26(22,23)20-12-6-5-9-14(10-12)25-13-7-3-4-8-13/h5-6,9-11,13,20H,2-4,7-8H2,1H3,(H,18,19). The zero-order valence-corrected chi connectivity index (χ0v) is 15.2. The van der Waals surface area contributed by atoms with Crippen molar-refractivity contribution in [3.8, 4) is 5.75 Å². The molecule has 0 saturated heterocycles. The average Bonchev–Trinajstić information content (AvgIpc) is 3.26. The van der Waals surface area contributed by atoms with Crippen molar-refractivity contribution >= 4 is 21.7 Å². The average molecular weight is 379 g/mol. The van der Waals surface area contributed by atoms with Crippen molar-refractivity contribution < 1.29 is 22.7 Å². The maximum absolute atomic E-state index is 12.6. The SMILES string of the molecule is CCOC(=O)c1cn[nH]c1S(=O)(=O)Nc1cccc(OC2CCCC2)c1. The number of carbonyl (C=O) groups is 1. The molecule has 1 fully saturated rings. The number of benzene rings is 1. The van der Waals surface area contributed by atoms with Crippen LogP contribution in [0.5, 0.6) is 5.75 Å². The summed E-state index contributed by atoms with van der Waals surface area (Å²) in [5.74, 6) is -0.146. The van der Waals surface area contributed by atoms with Gasteiger partial charge in [-0.05, 0) is 44.7 Å². The molecular formula is C17H21N3O5S. The van der Waals surface area contributed by atoms with Crippen LogP contribution in [-0.2, 0) is 14.8 Å². The molecule has 1 aliphatic rings. The molecule has 0 unspecified atom stereocenters. The number of carbonyl (C=O) groups excluding carboxylic acids is 1. The molecule has 1 saturated carbocycles. The zero-order chi connectivity index (χ0) is 18.6. The van der Waals surface area contributed by atoms with E-state index in [0.717, 1.165) is 31.9 Å². The van der Waals surface area contributed by atoms with E-state index in [0.29, 0.717) is 11.4 Å². The first-order valence-corrected chi connectivity index (χ1v) is 9.98. The predicted molar refractivity (Wildman–Crippen MR) is 94.7 cm³/mol. The number of aromatic amines is 1. The Hall–Kier alpha value is -2.55. The molecule has 140 valence electrons. The van der Waals surface area contributed by atoms with Crippen LogP contribution in [0.2, 0.25) is 0 Å². The van der Waals surface area contributed by atoms with Crippen molar-refractivity contribution in [3.05, 3.63) is 36.0 Å². The molecule has 0 radical (unpaired) electrons. The van der Waals surface area contributed by atoms with E-state index in [1.807, 2.05) is 0 Å². The van der Waals surface area contributed by atoms with E-state index in [2.05, 4.69) is 14.9 Å². The summed E-state index contributed by atoms with van der Waals surface area (Å²) < 4.78 is 38.4. The summed E-state index contributed by atoms with van der Waals surface area (Å²) in [7, 11) is -4.03. The number of esters is 1. The van der Waals surface area contributed by atoms with Crippen LogP contribution in [-0.4, -0.2) is 37.3 Å². The largest absolute Gasteiger partial charge is 0.490 e. The van der Waals surface area contributed by atoms with E-state index in [-0.39, 0.29) is 23.3 Å². The van der Waals surface area contributed by atoms with E-state index in [1.54, 1.807) is 31.2 Å². The lowest BCUT2D eigenvalue weighted by Crippen LogP contribution is -2.18. The van der Waals surface area contributed by atoms with E-state index >= 15 is 0 Å². The van der Waals surface area contributed by atoms with Gasteiger partial charge in [-0.15, -0.1) is 0 Å². The lowest BCUT2D eigenvalue weighted by molar-refractivity contribution is 0.0522. The molecule has 2 N–H and O–H groups in total.